The highest BCUT2D eigenvalue weighted by Gasteiger charge is 2.40. The average molecular weight is 543 g/mol. The van der Waals surface area contributed by atoms with Crippen molar-refractivity contribution in [1.29, 1.82) is 0 Å². The quantitative estimate of drug-likeness (QED) is 0.0828. The summed E-state index contributed by atoms with van der Waals surface area (Å²) in [6.45, 7) is 6.74. The Balaban J connectivity index is 2.12. The van der Waals surface area contributed by atoms with Crippen LogP contribution in [-0.4, -0.2) is 30.2 Å². The van der Waals surface area contributed by atoms with Crippen molar-refractivity contribution in [2.24, 2.45) is 0 Å². The minimum absolute atomic E-state index is 0.0607. The summed E-state index contributed by atoms with van der Waals surface area (Å²) < 4.78 is 12.7. The van der Waals surface area contributed by atoms with E-state index in [9.17, 15) is 5.11 Å². The molecule has 0 aliphatic carbocycles. The molecule has 0 radical (unpaired) electrons. The lowest BCUT2D eigenvalue weighted by molar-refractivity contribution is -0.180. The highest BCUT2D eigenvalue weighted by molar-refractivity contribution is 4.97. The maximum atomic E-state index is 9.35. The lowest BCUT2D eigenvalue weighted by Crippen LogP contribution is -2.31. The van der Waals surface area contributed by atoms with Gasteiger partial charge < -0.3 is 14.6 Å². The second kappa shape index (κ2) is 26.8. The zero-order valence-electron chi connectivity index (χ0n) is 25.5. The Bertz CT molecular complexity index is 662. The molecule has 0 aromatic heterocycles. The van der Waals surface area contributed by atoms with E-state index >= 15 is 0 Å². The summed E-state index contributed by atoms with van der Waals surface area (Å²) in [5.41, 5.74) is 0. The normalized spacial score (nSPS) is 20.0. The van der Waals surface area contributed by atoms with E-state index in [2.05, 4.69) is 62.1 Å². The molecular weight excluding hydrogens is 480 g/mol. The summed E-state index contributed by atoms with van der Waals surface area (Å²) in [7, 11) is 0. The maximum Gasteiger partial charge on any atom is 0.168 e. The molecule has 0 spiro atoms. The highest BCUT2D eigenvalue weighted by Crippen LogP contribution is 2.35. The van der Waals surface area contributed by atoms with Gasteiger partial charge in [0.2, 0.25) is 0 Å². The predicted molar refractivity (Wildman–Crippen MR) is 170 cm³/mol. The third-order valence-corrected chi connectivity index (χ3v) is 7.47. The fourth-order valence-corrected chi connectivity index (χ4v) is 5.15. The summed E-state index contributed by atoms with van der Waals surface area (Å²) >= 11 is 0. The first-order valence-corrected chi connectivity index (χ1v) is 16.4. The number of unbranched alkanes of at least 4 members (excludes halogenated alkanes) is 12. The Morgan fingerprint density at radius 3 is 1.69 bits per heavy atom. The van der Waals surface area contributed by atoms with Crippen molar-refractivity contribution in [3.8, 4) is 0 Å². The molecule has 0 aromatic rings. The van der Waals surface area contributed by atoms with Crippen molar-refractivity contribution in [2.45, 2.75) is 154 Å². The van der Waals surface area contributed by atoms with Crippen LogP contribution in [0.15, 0.2) is 61.3 Å². The van der Waals surface area contributed by atoms with Gasteiger partial charge in [-0.05, 0) is 70.6 Å². The summed E-state index contributed by atoms with van der Waals surface area (Å²) in [5.74, 6) is -0.401. The fraction of sp³-hybridized carbons (Fsp3) is 0.722. The van der Waals surface area contributed by atoms with Gasteiger partial charge in [-0.1, -0.05) is 113 Å². The second-order valence-electron chi connectivity index (χ2n) is 11.1. The van der Waals surface area contributed by atoms with Crippen LogP contribution in [0.5, 0.6) is 0 Å². The molecule has 2 atom stereocenters. The van der Waals surface area contributed by atoms with Crippen LogP contribution in [-0.2, 0) is 9.47 Å². The van der Waals surface area contributed by atoms with E-state index < -0.39 is 5.79 Å². The summed E-state index contributed by atoms with van der Waals surface area (Å²) in [6.07, 6.45) is 44.8. The number of aliphatic hydroxyl groups is 1. The highest BCUT2D eigenvalue weighted by atomic mass is 16.7. The lowest BCUT2D eigenvalue weighted by atomic mass is 9.98. The molecule has 3 nitrogen and oxygen atoms in total. The van der Waals surface area contributed by atoms with Crippen molar-refractivity contribution in [1.82, 2.24) is 0 Å². The number of hydrogen-bond donors (Lipinski definition) is 1. The Labute approximate surface area is 242 Å². The molecule has 1 heterocycles. The first-order valence-electron chi connectivity index (χ1n) is 16.4. The van der Waals surface area contributed by atoms with Crippen LogP contribution in [0.3, 0.4) is 0 Å². The van der Waals surface area contributed by atoms with Crippen LogP contribution in [0, 0.1) is 0 Å². The smallest absolute Gasteiger partial charge is 0.168 e. The number of allylic oxidation sites excluding steroid dienone is 9. The fourth-order valence-electron chi connectivity index (χ4n) is 5.15. The van der Waals surface area contributed by atoms with Gasteiger partial charge >= 0.3 is 0 Å². The van der Waals surface area contributed by atoms with Gasteiger partial charge in [0.05, 0.1) is 12.7 Å². The van der Waals surface area contributed by atoms with E-state index in [1.807, 2.05) is 6.08 Å². The summed E-state index contributed by atoms with van der Waals surface area (Å²) in [4.78, 5) is 0. The average Bonchev–Trinajstić information content (AvgIpc) is 3.34. The van der Waals surface area contributed by atoms with Crippen LogP contribution >= 0.6 is 0 Å². The number of aliphatic hydroxyl groups excluding tert-OH is 1. The first kappa shape index (κ1) is 35.6. The Morgan fingerprint density at radius 1 is 0.667 bits per heavy atom. The van der Waals surface area contributed by atoms with E-state index in [-0.39, 0.29) is 12.7 Å². The standard InChI is InChI=1S/C36H62O3/c1-3-5-7-9-11-13-15-16-17-18-19-21-23-25-27-29-32-36(38-34-35(39-36)30-33-37)31-28-26-24-22-20-14-12-10-8-6-4-2/h4-5,7-8,10-11,13,16-17,35,37H,2-3,6,9,12,14-15,18-34H2,1H3/b7-5-,10-8-,13-11-,17-16-. The molecule has 1 saturated heterocycles. The van der Waals surface area contributed by atoms with Gasteiger partial charge in [-0.2, -0.15) is 0 Å². The first-order chi connectivity index (χ1) is 19.3. The number of rotatable bonds is 27. The van der Waals surface area contributed by atoms with Crippen LogP contribution < -0.4 is 0 Å². The molecule has 2 unspecified atom stereocenters. The maximum absolute atomic E-state index is 9.35. The van der Waals surface area contributed by atoms with E-state index in [1.54, 1.807) is 0 Å². The molecule has 39 heavy (non-hydrogen) atoms. The van der Waals surface area contributed by atoms with Crippen molar-refractivity contribution in [2.75, 3.05) is 13.2 Å². The zero-order valence-corrected chi connectivity index (χ0v) is 25.5. The van der Waals surface area contributed by atoms with Crippen LogP contribution in [0.25, 0.3) is 0 Å². The number of hydrogen-bond acceptors (Lipinski definition) is 3. The Kier molecular flexibility index (Phi) is 24.5. The van der Waals surface area contributed by atoms with Crippen molar-refractivity contribution in [3.05, 3.63) is 61.3 Å². The van der Waals surface area contributed by atoms with E-state index in [4.69, 9.17) is 9.47 Å². The molecule has 1 rings (SSSR count). The van der Waals surface area contributed by atoms with Gasteiger partial charge in [0.15, 0.2) is 5.79 Å². The van der Waals surface area contributed by atoms with Gasteiger partial charge in [0.1, 0.15) is 0 Å². The minimum Gasteiger partial charge on any atom is -0.396 e. The Morgan fingerprint density at radius 2 is 1.15 bits per heavy atom. The third kappa shape index (κ3) is 21.1. The minimum atomic E-state index is -0.401. The zero-order chi connectivity index (χ0) is 28.1. The van der Waals surface area contributed by atoms with E-state index in [1.165, 1.54) is 89.9 Å². The van der Waals surface area contributed by atoms with Gasteiger partial charge in [-0.15, -0.1) is 6.58 Å². The lowest BCUT2D eigenvalue weighted by Gasteiger charge is -2.28. The third-order valence-electron chi connectivity index (χ3n) is 7.47. The van der Waals surface area contributed by atoms with Crippen LogP contribution in [0.1, 0.15) is 142 Å². The van der Waals surface area contributed by atoms with Crippen molar-refractivity contribution < 1.29 is 14.6 Å². The van der Waals surface area contributed by atoms with Crippen LogP contribution in [0.4, 0.5) is 0 Å². The van der Waals surface area contributed by atoms with Crippen molar-refractivity contribution in [3.63, 3.8) is 0 Å². The molecule has 224 valence electrons. The molecule has 1 fully saturated rings. The molecule has 1 N–H and O–H groups in total. The van der Waals surface area contributed by atoms with Gasteiger partial charge in [-0.3, -0.25) is 0 Å². The molecule has 0 aromatic carbocycles. The van der Waals surface area contributed by atoms with Gasteiger partial charge in [-0.25, -0.2) is 0 Å². The molecule has 0 saturated carbocycles. The monoisotopic (exact) mass is 542 g/mol. The van der Waals surface area contributed by atoms with Crippen LogP contribution in [0.2, 0.25) is 0 Å². The topological polar surface area (TPSA) is 38.7 Å². The molecule has 0 bridgehead atoms. The van der Waals surface area contributed by atoms with Gasteiger partial charge in [0.25, 0.3) is 0 Å². The summed E-state index contributed by atoms with van der Waals surface area (Å²) in [6, 6.07) is 0. The van der Waals surface area contributed by atoms with E-state index in [0.29, 0.717) is 13.0 Å². The second-order valence-corrected chi connectivity index (χ2v) is 11.1. The molecule has 1 aliphatic rings. The molecule has 1 aliphatic heterocycles. The van der Waals surface area contributed by atoms with Gasteiger partial charge in [0, 0.05) is 19.4 Å². The largest absolute Gasteiger partial charge is 0.396 e. The van der Waals surface area contributed by atoms with Crippen molar-refractivity contribution >= 4 is 0 Å². The molecular formula is C36H62O3. The Hall–Kier alpha value is -1.42. The van der Waals surface area contributed by atoms with E-state index in [0.717, 1.165) is 38.5 Å². The summed E-state index contributed by atoms with van der Waals surface area (Å²) in [5, 5.41) is 9.35. The molecule has 3 heteroatoms. The number of ether oxygens (including phenoxy) is 2. The SMILES string of the molecule is C=CC/C=C\CCCCCCCCC1(CCCCCCCC/C=C\C/C=C\C/C=C\CC)OCC(CCO)O1. The predicted octanol–water partition coefficient (Wildman–Crippen LogP) is 10.7. The molecule has 0 amide bonds.